The molecular formula is C37H54OP+. The Bertz CT molecular complexity index is 961. The number of phenols is 1. The van der Waals surface area contributed by atoms with Crippen molar-refractivity contribution in [1.82, 2.24) is 0 Å². The van der Waals surface area contributed by atoms with Crippen LogP contribution in [0.4, 0.5) is 0 Å². The molecule has 3 aromatic rings. The van der Waals surface area contributed by atoms with Gasteiger partial charge in [0.05, 0.1) is 30.2 Å². The Hall–Kier alpha value is -2.11. The van der Waals surface area contributed by atoms with Crippen molar-refractivity contribution in [3.63, 3.8) is 0 Å². The Morgan fingerprint density at radius 3 is 1.28 bits per heavy atom. The largest absolute Gasteiger partial charge is 0.508 e. The van der Waals surface area contributed by atoms with Crippen molar-refractivity contribution in [1.29, 1.82) is 0 Å². The lowest BCUT2D eigenvalue weighted by Gasteiger charge is -2.28. The normalized spacial score (nSPS) is 11.6. The highest BCUT2D eigenvalue weighted by atomic mass is 31.2. The monoisotopic (exact) mass is 545 g/mol. The number of unbranched alkanes of at least 4 members (excludes halogenated alkanes) is 15. The number of benzene rings is 3. The molecule has 0 fully saturated rings. The Balaban J connectivity index is 1.45. The van der Waals surface area contributed by atoms with Gasteiger partial charge < -0.3 is 5.11 Å². The SMILES string of the molecule is CCCCCCCCCCCCCCCCCC[P+](Cc1ccccc1O)(c1ccccc1)c1ccccc1. The topological polar surface area (TPSA) is 20.2 Å². The summed E-state index contributed by atoms with van der Waals surface area (Å²) in [6, 6.07) is 30.2. The van der Waals surface area contributed by atoms with Crippen LogP contribution in [0.5, 0.6) is 5.75 Å². The molecule has 39 heavy (non-hydrogen) atoms. The van der Waals surface area contributed by atoms with Crippen molar-refractivity contribution in [2.45, 2.75) is 116 Å². The molecule has 0 bridgehead atoms. The molecule has 2 heteroatoms. The fourth-order valence-corrected chi connectivity index (χ4v) is 10.4. The smallest absolute Gasteiger partial charge is 0.122 e. The molecule has 1 nitrogen and oxygen atoms in total. The molecule has 3 aromatic carbocycles. The van der Waals surface area contributed by atoms with Gasteiger partial charge in [-0.05, 0) is 43.2 Å². The van der Waals surface area contributed by atoms with Crippen LogP contribution in [0.3, 0.4) is 0 Å². The lowest BCUT2D eigenvalue weighted by molar-refractivity contribution is 0.470. The second-order valence-corrected chi connectivity index (χ2v) is 15.2. The second kappa shape index (κ2) is 19.0. The van der Waals surface area contributed by atoms with Crippen molar-refractivity contribution in [2.24, 2.45) is 0 Å². The summed E-state index contributed by atoms with van der Waals surface area (Å²) in [6.45, 7) is 2.30. The number of hydrogen-bond donors (Lipinski definition) is 1. The molecule has 0 unspecified atom stereocenters. The highest BCUT2D eigenvalue weighted by molar-refractivity contribution is 7.88. The summed E-state index contributed by atoms with van der Waals surface area (Å²) in [5.41, 5.74) is 1.08. The highest BCUT2D eigenvalue weighted by Crippen LogP contribution is 2.60. The van der Waals surface area contributed by atoms with Gasteiger partial charge in [0.25, 0.3) is 0 Å². The molecule has 0 spiro atoms. The average molecular weight is 546 g/mol. The van der Waals surface area contributed by atoms with E-state index in [9.17, 15) is 5.11 Å². The fourth-order valence-electron chi connectivity index (χ4n) is 5.96. The first-order chi connectivity index (χ1) is 19.3. The van der Waals surface area contributed by atoms with Gasteiger partial charge in [-0.1, -0.05) is 151 Å². The maximum Gasteiger partial charge on any atom is 0.122 e. The van der Waals surface area contributed by atoms with Crippen LogP contribution in [-0.2, 0) is 6.16 Å². The number of phenolic OH excluding ortho intramolecular Hbond substituents is 1. The fraction of sp³-hybridized carbons (Fsp3) is 0.514. The first-order valence-corrected chi connectivity index (χ1v) is 18.2. The van der Waals surface area contributed by atoms with Gasteiger partial charge in [-0.15, -0.1) is 0 Å². The summed E-state index contributed by atoms with van der Waals surface area (Å²) in [4.78, 5) is 0. The van der Waals surface area contributed by atoms with E-state index in [4.69, 9.17) is 0 Å². The van der Waals surface area contributed by atoms with E-state index >= 15 is 0 Å². The van der Waals surface area contributed by atoms with E-state index in [1.165, 1.54) is 120 Å². The third-order valence-corrected chi connectivity index (χ3v) is 12.9. The van der Waals surface area contributed by atoms with Crippen molar-refractivity contribution >= 4 is 17.9 Å². The van der Waals surface area contributed by atoms with Crippen LogP contribution in [0, 0.1) is 0 Å². The van der Waals surface area contributed by atoms with Gasteiger partial charge in [-0.2, -0.15) is 0 Å². The molecular weight excluding hydrogens is 491 g/mol. The molecule has 1 N–H and O–H groups in total. The Morgan fingerprint density at radius 2 is 0.846 bits per heavy atom. The Morgan fingerprint density at radius 1 is 0.462 bits per heavy atom. The number of hydrogen-bond acceptors (Lipinski definition) is 1. The van der Waals surface area contributed by atoms with Crippen LogP contribution < -0.4 is 10.6 Å². The zero-order valence-corrected chi connectivity index (χ0v) is 25.6. The standard InChI is InChI=1S/C37H53OP/c1-2-3-4-5-6-7-8-9-10-11-12-13-14-15-16-25-32-39(35-27-19-17-20-28-35,36-29-21-18-22-30-36)33-34-26-23-24-31-37(34)38/h17-24,26-31H,2-16,25,32-33H2,1H3/p+1. The van der Waals surface area contributed by atoms with Gasteiger partial charge in [-0.25, -0.2) is 0 Å². The molecule has 0 aliphatic carbocycles. The van der Waals surface area contributed by atoms with E-state index in [0.717, 1.165) is 11.7 Å². The van der Waals surface area contributed by atoms with Gasteiger partial charge in [0.1, 0.15) is 5.75 Å². The minimum absolute atomic E-state index is 0.431. The predicted octanol–water partition coefficient (Wildman–Crippen LogP) is 10.8. The van der Waals surface area contributed by atoms with Gasteiger partial charge >= 0.3 is 0 Å². The zero-order valence-electron chi connectivity index (χ0n) is 24.7. The van der Waals surface area contributed by atoms with Crippen molar-refractivity contribution in [2.75, 3.05) is 6.16 Å². The molecule has 0 aliphatic heterocycles. The highest BCUT2D eigenvalue weighted by Gasteiger charge is 2.42. The summed E-state index contributed by atoms with van der Waals surface area (Å²) in [7, 11) is -1.70. The first kappa shape index (κ1) is 31.4. The van der Waals surface area contributed by atoms with E-state index in [1.54, 1.807) is 0 Å². The maximum atomic E-state index is 10.7. The lowest BCUT2D eigenvalue weighted by atomic mass is 10.0. The van der Waals surface area contributed by atoms with E-state index in [2.05, 4.69) is 79.7 Å². The average Bonchev–Trinajstić information content (AvgIpc) is 2.98. The maximum absolute atomic E-state index is 10.7. The lowest BCUT2D eigenvalue weighted by Crippen LogP contribution is -2.26. The second-order valence-electron chi connectivity index (χ2n) is 11.5. The summed E-state index contributed by atoms with van der Waals surface area (Å²) in [6.07, 6.45) is 24.5. The molecule has 212 valence electrons. The van der Waals surface area contributed by atoms with E-state index < -0.39 is 7.26 Å². The number of rotatable bonds is 21. The summed E-state index contributed by atoms with van der Waals surface area (Å²) < 4.78 is 0. The molecule has 0 heterocycles. The minimum atomic E-state index is -1.70. The summed E-state index contributed by atoms with van der Waals surface area (Å²) in [5, 5.41) is 13.6. The molecule has 0 amide bonds. The molecule has 0 aromatic heterocycles. The molecule has 0 aliphatic rings. The van der Waals surface area contributed by atoms with Crippen LogP contribution in [0.15, 0.2) is 84.9 Å². The van der Waals surface area contributed by atoms with Gasteiger partial charge in [0.2, 0.25) is 0 Å². The van der Waals surface area contributed by atoms with E-state index in [1.807, 2.05) is 12.1 Å². The Kier molecular flexibility index (Phi) is 15.3. The predicted molar refractivity (Wildman–Crippen MR) is 175 cm³/mol. The minimum Gasteiger partial charge on any atom is -0.508 e. The molecule has 0 saturated heterocycles. The van der Waals surface area contributed by atoms with Gasteiger partial charge in [-0.3, -0.25) is 0 Å². The Labute approximate surface area is 240 Å². The molecule has 0 atom stereocenters. The van der Waals surface area contributed by atoms with E-state index in [0.29, 0.717) is 5.75 Å². The van der Waals surface area contributed by atoms with E-state index in [-0.39, 0.29) is 0 Å². The quantitative estimate of drug-likeness (QED) is 0.104. The van der Waals surface area contributed by atoms with Gasteiger partial charge in [0.15, 0.2) is 0 Å². The van der Waals surface area contributed by atoms with Crippen molar-refractivity contribution < 1.29 is 5.11 Å². The summed E-state index contributed by atoms with van der Waals surface area (Å²) >= 11 is 0. The number of aromatic hydroxyl groups is 1. The third kappa shape index (κ3) is 11.1. The van der Waals surface area contributed by atoms with Crippen LogP contribution >= 0.6 is 7.26 Å². The zero-order chi connectivity index (χ0) is 27.4. The number of para-hydroxylation sites is 1. The molecule has 3 rings (SSSR count). The van der Waals surface area contributed by atoms with Crippen LogP contribution in [0.2, 0.25) is 0 Å². The van der Waals surface area contributed by atoms with Crippen molar-refractivity contribution in [3.05, 3.63) is 90.5 Å². The third-order valence-electron chi connectivity index (χ3n) is 8.33. The van der Waals surface area contributed by atoms with Gasteiger partial charge in [0, 0.05) is 5.56 Å². The van der Waals surface area contributed by atoms with Crippen LogP contribution in [0.1, 0.15) is 115 Å². The molecule has 0 radical (unpaired) electrons. The molecule has 0 saturated carbocycles. The van der Waals surface area contributed by atoms with Crippen molar-refractivity contribution in [3.8, 4) is 5.75 Å². The summed E-state index contributed by atoms with van der Waals surface area (Å²) in [5.74, 6) is 0.431. The first-order valence-electron chi connectivity index (χ1n) is 16.0. The van der Waals surface area contributed by atoms with Crippen LogP contribution in [0.25, 0.3) is 0 Å². The van der Waals surface area contributed by atoms with Crippen LogP contribution in [-0.4, -0.2) is 11.3 Å².